The summed E-state index contributed by atoms with van der Waals surface area (Å²) in [5, 5.41) is 0.273. The van der Waals surface area contributed by atoms with Gasteiger partial charge < -0.3 is 4.42 Å². The zero-order valence-corrected chi connectivity index (χ0v) is 16.3. The van der Waals surface area contributed by atoms with E-state index in [1.807, 2.05) is 18.4 Å². The van der Waals surface area contributed by atoms with Crippen LogP contribution in [-0.2, 0) is 6.54 Å². The predicted molar refractivity (Wildman–Crippen MR) is 107 cm³/mol. The number of carbonyl (C=O) groups is 1. The lowest BCUT2D eigenvalue weighted by molar-refractivity contribution is 0.0983. The maximum atomic E-state index is 14.1. The zero-order valence-electron chi connectivity index (χ0n) is 14.7. The summed E-state index contributed by atoms with van der Waals surface area (Å²) in [7, 11) is 0. The lowest BCUT2D eigenvalue weighted by Crippen LogP contribution is -2.30. The van der Waals surface area contributed by atoms with E-state index in [0.29, 0.717) is 16.0 Å². The van der Waals surface area contributed by atoms with Gasteiger partial charge in [0.2, 0.25) is 0 Å². The van der Waals surface area contributed by atoms with Crippen molar-refractivity contribution in [3.63, 3.8) is 0 Å². The number of rotatable bonds is 5. The van der Waals surface area contributed by atoms with Crippen molar-refractivity contribution in [1.29, 1.82) is 0 Å². The van der Waals surface area contributed by atoms with Crippen molar-refractivity contribution in [3.8, 4) is 0 Å². The Bertz CT molecular complexity index is 1130. The highest BCUT2D eigenvalue weighted by Gasteiger charge is 2.24. The first-order valence-corrected chi connectivity index (χ1v) is 10.3. The molecule has 2 aromatic carbocycles. The molecule has 2 heterocycles. The van der Waals surface area contributed by atoms with Crippen LogP contribution < -0.4 is 4.90 Å². The van der Waals surface area contributed by atoms with E-state index in [9.17, 15) is 13.6 Å². The third kappa shape index (κ3) is 3.65. The van der Waals surface area contributed by atoms with E-state index in [2.05, 4.69) is 4.98 Å². The number of furan rings is 1. The highest BCUT2D eigenvalue weighted by Crippen LogP contribution is 2.33. The molecule has 4 nitrogen and oxygen atoms in total. The number of thiazole rings is 1. The number of aromatic nitrogens is 1. The van der Waals surface area contributed by atoms with Gasteiger partial charge in [0.15, 0.2) is 10.9 Å². The topological polar surface area (TPSA) is 46.3 Å². The van der Waals surface area contributed by atoms with Crippen LogP contribution in [0.5, 0.6) is 0 Å². The van der Waals surface area contributed by atoms with Crippen LogP contribution in [0.3, 0.4) is 0 Å². The Morgan fingerprint density at radius 1 is 1.21 bits per heavy atom. The zero-order chi connectivity index (χ0) is 19.7. The lowest BCUT2D eigenvalue weighted by Gasteiger charge is -2.19. The molecule has 8 heteroatoms. The number of halogens is 2. The third-order valence-corrected chi connectivity index (χ3v) is 5.88. The summed E-state index contributed by atoms with van der Waals surface area (Å²) in [5.41, 5.74) is 0.506. The maximum Gasteiger partial charge on any atom is 0.260 e. The second kappa shape index (κ2) is 7.73. The Morgan fingerprint density at radius 3 is 2.68 bits per heavy atom. The van der Waals surface area contributed by atoms with Crippen molar-refractivity contribution in [2.45, 2.75) is 11.4 Å². The minimum absolute atomic E-state index is 0.0383. The lowest BCUT2D eigenvalue weighted by atomic mass is 10.2. The first-order valence-electron chi connectivity index (χ1n) is 8.29. The minimum Gasteiger partial charge on any atom is -0.467 e. The molecule has 0 N–H and O–H groups in total. The van der Waals surface area contributed by atoms with Crippen LogP contribution in [0, 0.1) is 11.6 Å². The fourth-order valence-electron chi connectivity index (χ4n) is 2.74. The highest BCUT2D eigenvalue weighted by molar-refractivity contribution is 7.98. The fourth-order valence-corrected chi connectivity index (χ4v) is 4.15. The molecule has 142 valence electrons. The largest absolute Gasteiger partial charge is 0.467 e. The van der Waals surface area contributed by atoms with Gasteiger partial charge in [-0.15, -0.1) is 11.8 Å². The molecule has 0 fully saturated rings. The third-order valence-electron chi connectivity index (χ3n) is 4.11. The molecule has 0 unspecified atom stereocenters. The van der Waals surface area contributed by atoms with Crippen LogP contribution in [0.4, 0.5) is 13.9 Å². The van der Waals surface area contributed by atoms with Gasteiger partial charge in [-0.25, -0.2) is 13.8 Å². The van der Waals surface area contributed by atoms with Crippen LogP contribution in [-0.4, -0.2) is 17.1 Å². The smallest absolute Gasteiger partial charge is 0.260 e. The van der Waals surface area contributed by atoms with Crippen molar-refractivity contribution in [2.24, 2.45) is 0 Å². The van der Waals surface area contributed by atoms with Gasteiger partial charge in [-0.1, -0.05) is 11.3 Å². The van der Waals surface area contributed by atoms with E-state index in [1.165, 1.54) is 17.2 Å². The summed E-state index contributed by atoms with van der Waals surface area (Å²) < 4.78 is 33.3. The molecule has 4 aromatic rings. The average Bonchev–Trinajstić information content (AvgIpc) is 3.35. The van der Waals surface area contributed by atoms with Gasteiger partial charge in [0.25, 0.3) is 5.91 Å². The van der Waals surface area contributed by atoms with E-state index in [4.69, 9.17) is 4.42 Å². The first-order chi connectivity index (χ1) is 13.5. The number of fused-ring (bicyclic) bond motifs is 1. The molecule has 0 spiro atoms. The number of carbonyl (C=O) groups excluding carboxylic acids is 1. The van der Waals surface area contributed by atoms with E-state index in [1.54, 1.807) is 36.0 Å². The standard InChI is InChI=1S/C20H14F2N2O2S2/c1-27-15-6-4-12(5-7-15)19(25)24(11-14-3-2-8-26-14)20-23-18-16(22)9-13(21)10-17(18)28-20/h2-10H,11H2,1H3. The Hall–Kier alpha value is -2.71. The predicted octanol–water partition coefficient (Wildman–Crippen LogP) is 5.74. The molecule has 0 saturated heterocycles. The molecule has 4 rings (SSSR count). The first kappa shape index (κ1) is 18.6. The van der Waals surface area contributed by atoms with Gasteiger partial charge in [0.05, 0.1) is 17.5 Å². The number of nitrogens with zero attached hydrogens (tertiary/aromatic N) is 2. The van der Waals surface area contributed by atoms with E-state index >= 15 is 0 Å². The average molecular weight is 416 g/mol. The molecule has 0 bridgehead atoms. The van der Waals surface area contributed by atoms with E-state index in [-0.39, 0.29) is 23.1 Å². The normalized spacial score (nSPS) is 11.1. The van der Waals surface area contributed by atoms with E-state index < -0.39 is 11.6 Å². The molecule has 0 saturated carbocycles. The van der Waals surface area contributed by atoms with Gasteiger partial charge in [-0.2, -0.15) is 0 Å². The number of hydrogen-bond donors (Lipinski definition) is 0. The van der Waals surface area contributed by atoms with Gasteiger partial charge >= 0.3 is 0 Å². The molecule has 1 amide bonds. The molecular formula is C20H14F2N2O2S2. The Balaban J connectivity index is 1.76. The van der Waals surface area contributed by atoms with Crippen molar-refractivity contribution in [3.05, 3.63) is 77.8 Å². The van der Waals surface area contributed by atoms with Crippen LogP contribution in [0.25, 0.3) is 10.2 Å². The van der Waals surface area contributed by atoms with E-state index in [0.717, 1.165) is 22.3 Å². The second-order valence-corrected chi connectivity index (χ2v) is 7.82. The van der Waals surface area contributed by atoms with Crippen LogP contribution in [0.1, 0.15) is 16.1 Å². The summed E-state index contributed by atoms with van der Waals surface area (Å²) in [4.78, 5) is 19.9. The summed E-state index contributed by atoms with van der Waals surface area (Å²) in [6.45, 7) is 0.125. The van der Waals surface area contributed by atoms with Crippen molar-refractivity contribution in [2.75, 3.05) is 11.2 Å². The van der Waals surface area contributed by atoms with Gasteiger partial charge in [0, 0.05) is 16.5 Å². The fraction of sp³-hybridized carbons (Fsp3) is 0.100. The Morgan fingerprint density at radius 2 is 2.00 bits per heavy atom. The van der Waals surface area contributed by atoms with Crippen molar-refractivity contribution < 1.29 is 18.0 Å². The number of benzene rings is 2. The van der Waals surface area contributed by atoms with Gasteiger partial charge in [-0.05, 0) is 48.7 Å². The molecule has 0 radical (unpaired) electrons. The quantitative estimate of drug-likeness (QED) is 0.390. The van der Waals surface area contributed by atoms with Gasteiger partial charge in [-0.3, -0.25) is 9.69 Å². The number of hydrogen-bond acceptors (Lipinski definition) is 5. The summed E-state index contributed by atoms with van der Waals surface area (Å²) in [6, 6.07) is 12.6. The van der Waals surface area contributed by atoms with Crippen molar-refractivity contribution >= 4 is 44.4 Å². The molecule has 0 aliphatic carbocycles. The second-order valence-electron chi connectivity index (χ2n) is 5.93. The van der Waals surface area contributed by atoms with Crippen LogP contribution in [0.15, 0.2) is 64.1 Å². The SMILES string of the molecule is CSc1ccc(C(=O)N(Cc2ccco2)c2nc3c(F)cc(F)cc3s2)cc1. The van der Waals surface area contributed by atoms with Crippen LogP contribution in [0.2, 0.25) is 0 Å². The summed E-state index contributed by atoms with van der Waals surface area (Å²) >= 11 is 2.63. The van der Waals surface area contributed by atoms with Crippen LogP contribution >= 0.6 is 23.1 Å². The summed E-state index contributed by atoms with van der Waals surface area (Å²) in [5.74, 6) is -1.19. The Kier molecular flexibility index (Phi) is 5.15. The molecule has 2 aromatic heterocycles. The van der Waals surface area contributed by atoms with Crippen molar-refractivity contribution in [1.82, 2.24) is 4.98 Å². The molecule has 0 aliphatic rings. The molecule has 0 atom stereocenters. The number of anilines is 1. The molecule has 28 heavy (non-hydrogen) atoms. The highest BCUT2D eigenvalue weighted by atomic mass is 32.2. The summed E-state index contributed by atoms with van der Waals surface area (Å²) in [6.07, 6.45) is 3.47. The van der Waals surface area contributed by atoms with Gasteiger partial charge in [0.1, 0.15) is 17.1 Å². The maximum absolute atomic E-state index is 14.1. The minimum atomic E-state index is -0.757. The Labute approximate surface area is 167 Å². The number of amides is 1. The monoisotopic (exact) mass is 416 g/mol. The molecular weight excluding hydrogens is 402 g/mol. The molecule has 0 aliphatic heterocycles. The number of thioether (sulfide) groups is 1.